The Hall–Kier alpha value is -2.93. The molecule has 1 aromatic carbocycles. The molecule has 0 bridgehead atoms. The number of amides is 2. The second-order valence-electron chi connectivity index (χ2n) is 7.83. The smallest absolute Gasteiger partial charge is 0.246 e. The molecule has 2 aliphatic heterocycles. The molecule has 0 aliphatic carbocycles. The summed E-state index contributed by atoms with van der Waals surface area (Å²) in [5.41, 5.74) is 1.61. The highest BCUT2D eigenvalue weighted by molar-refractivity contribution is 5.98. The Labute approximate surface area is 170 Å². The minimum absolute atomic E-state index is 0.0458. The SMILES string of the molecule is COc1ccc(CN2CCC3(C2)CN(c2cccnc2)C(=O)CN3C(C)=O)cc1. The van der Waals surface area contributed by atoms with Crippen LogP contribution in [0.4, 0.5) is 5.69 Å². The van der Waals surface area contributed by atoms with Crippen molar-refractivity contribution < 1.29 is 14.3 Å². The Morgan fingerprint density at radius 3 is 2.66 bits per heavy atom. The summed E-state index contributed by atoms with van der Waals surface area (Å²) in [4.78, 5) is 35.2. The first-order valence-electron chi connectivity index (χ1n) is 9.85. The standard InChI is InChI=1S/C22H26N4O3/c1-17(27)26-14-21(28)25(19-4-3-10-23-12-19)16-22(26)9-11-24(15-22)13-18-5-7-20(29-2)8-6-18/h3-8,10,12H,9,11,13-16H2,1-2H3. The van der Waals surface area contributed by atoms with E-state index in [2.05, 4.69) is 22.0 Å². The van der Waals surface area contributed by atoms with Crippen LogP contribution < -0.4 is 9.64 Å². The van der Waals surface area contributed by atoms with Crippen molar-refractivity contribution in [2.24, 2.45) is 0 Å². The minimum Gasteiger partial charge on any atom is -0.497 e. The number of methoxy groups -OCH3 is 1. The zero-order chi connectivity index (χ0) is 20.4. The van der Waals surface area contributed by atoms with E-state index in [1.807, 2.05) is 24.3 Å². The number of benzene rings is 1. The Balaban J connectivity index is 1.54. The number of likely N-dealkylation sites (tertiary alicyclic amines) is 1. The van der Waals surface area contributed by atoms with Crippen molar-refractivity contribution in [2.75, 3.05) is 38.2 Å². The summed E-state index contributed by atoms with van der Waals surface area (Å²) < 4.78 is 5.23. The number of hydrogen-bond donors (Lipinski definition) is 0. The molecule has 4 rings (SSSR count). The van der Waals surface area contributed by atoms with Crippen molar-refractivity contribution in [3.63, 3.8) is 0 Å². The molecule has 0 saturated carbocycles. The van der Waals surface area contributed by atoms with Crippen LogP contribution in [0, 0.1) is 0 Å². The van der Waals surface area contributed by atoms with Crippen LogP contribution in [0.1, 0.15) is 18.9 Å². The van der Waals surface area contributed by atoms with E-state index in [-0.39, 0.29) is 23.9 Å². The number of nitrogens with zero attached hydrogens (tertiary/aromatic N) is 4. The molecule has 2 fully saturated rings. The van der Waals surface area contributed by atoms with Crippen LogP contribution in [-0.2, 0) is 16.1 Å². The molecule has 0 radical (unpaired) electrons. The lowest BCUT2D eigenvalue weighted by Crippen LogP contribution is -2.66. The van der Waals surface area contributed by atoms with Gasteiger partial charge in [0.15, 0.2) is 0 Å². The fourth-order valence-corrected chi connectivity index (χ4v) is 4.46. The van der Waals surface area contributed by atoms with Gasteiger partial charge in [0.1, 0.15) is 12.3 Å². The quantitative estimate of drug-likeness (QED) is 0.793. The van der Waals surface area contributed by atoms with Crippen LogP contribution >= 0.6 is 0 Å². The highest BCUT2D eigenvalue weighted by Crippen LogP contribution is 2.35. The zero-order valence-corrected chi connectivity index (χ0v) is 16.9. The van der Waals surface area contributed by atoms with Gasteiger partial charge in [-0.25, -0.2) is 0 Å². The van der Waals surface area contributed by atoms with Gasteiger partial charge in [0.2, 0.25) is 11.8 Å². The van der Waals surface area contributed by atoms with Gasteiger partial charge < -0.3 is 14.5 Å². The number of pyridine rings is 1. The number of carbonyl (C=O) groups excluding carboxylic acids is 2. The van der Waals surface area contributed by atoms with E-state index in [4.69, 9.17) is 4.74 Å². The molecule has 2 saturated heterocycles. The van der Waals surface area contributed by atoms with Crippen molar-refractivity contribution in [1.82, 2.24) is 14.8 Å². The summed E-state index contributed by atoms with van der Waals surface area (Å²) >= 11 is 0. The average Bonchev–Trinajstić information content (AvgIpc) is 3.13. The summed E-state index contributed by atoms with van der Waals surface area (Å²) in [5, 5.41) is 0. The summed E-state index contributed by atoms with van der Waals surface area (Å²) in [6.07, 6.45) is 4.24. The van der Waals surface area contributed by atoms with Gasteiger partial charge in [-0.2, -0.15) is 0 Å². The van der Waals surface area contributed by atoms with Gasteiger partial charge in [-0.15, -0.1) is 0 Å². The van der Waals surface area contributed by atoms with E-state index < -0.39 is 0 Å². The maximum atomic E-state index is 12.8. The molecule has 29 heavy (non-hydrogen) atoms. The fourth-order valence-electron chi connectivity index (χ4n) is 4.46. The van der Waals surface area contributed by atoms with E-state index in [9.17, 15) is 9.59 Å². The lowest BCUT2D eigenvalue weighted by Gasteiger charge is -2.48. The number of ether oxygens (including phenoxy) is 1. The molecule has 1 spiro atoms. The third kappa shape index (κ3) is 3.82. The van der Waals surface area contributed by atoms with Gasteiger partial charge in [-0.05, 0) is 36.2 Å². The molecule has 1 unspecified atom stereocenters. The van der Waals surface area contributed by atoms with Crippen molar-refractivity contribution >= 4 is 17.5 Å². The van der Waals surface area contributed by atoms with Crippen molar-refractivity contribution in [3.05, 3.63) is 54.4 Å². The predicted molar refractivity (Wildman–Crippen MR) is 110 cm³/mol. The van der Waals surface area contributed by atoms with Crippen LogP contribution in [0.25, 0.3) is 0 Å². The first-order valence-corrected chi connectivity index (χ1v) is 9.85. The van der Waals surface area contributed by atoms with Gasteiger partial charge in [-0.3, -0.25) is 19.5 Å². The normalized spacial score (nSPS) is 22.3. The summed E-state index contributed by atoms with van der Waals surface area (Å²) in [7, 11) is 1.66. The highest BCUT2D eigenvalue weighted by Gasteiger charge is 2.50. The van der Waals surface area contributed by atoms with E-state index >= 15 is 0 Å². The number of rotatable bonds is 4. The largest absolute Gasteiger partial charge is 0.497 e. The number of aromatic nitrogens is 1. The van der Waals surface area contributed by atoms with Crippen LogP contribution in [0.5, 0.6) is 5.75 Å². The summed E-state index contributed by atoms with van der Waals surface area (Å²) in [6.45, 7) is 4.59. The van der Waals surface area contributed by atoms with Gasteiger partial charge in [0.05, 0.1) is 31.1 Å². The molecular weight excluding hydrogens is 368 g/mol. The van der Waals surface area contributed by atoms with Gasteiger partial charge >= 0.3 is 0 Å². The van der Waals surface area contributed by atoms with E-state index in [0.717, 1.165) is 37.5 Å². The molecule has 2 aromatic rings. The van der Waals surface area contributed by atoms with Crippen LogP contribution in [0.3, 0.4) is 0 Å². The molecule has 3 heterocycles. The van der Waals surface area contributed by atoms with E-state index in [1.54, 1.807) is 36.2 Å². The second-order valence-corrected chi connectivity index (χ2v) is 7.83. The molecule has 2 amide bonds. The molecule has 1 atom stereocenters. The molecular formula is C22H26N4O3. The van der Waals surface area contributed by atoms with Crippen molar-refractivity contribution in [3.8, 4) is 5.75 Å². The first kappa shape index (κ1) is 19.4. The maximum absolute atomic E-state index is 12.8. The van der Waals surface area contributed by atoms with E-state index in [1.165, 1.54) is 5.56 Å². The van der Waals surface area contributed by atoms with E-state index in [0.29, 0.717) is 6.54 Å². The second kappa shape index (κ2) is 7.83. The summed E-state index contributed by atoms with van der Waals surface area (Å²) in [6, 6.07) is 11.8. The Bertz CT molecular complexity index is 887. The number of anilines is 1. The number of carbonyl (C=O) groups is 2. The Morgan fingerprint density at radius 2 is 2.00 bits per heavy atom. The average molecular weight is 394 g/mol. The lowest BCUT2D eigenvalue weighted by atomic mass is 9.91. The lowest BCUT2D eigenvalue weighted by molar-refractivity contribution is -0.142. The molecule has 7 nitrogen and oxygen atoms in total. The minimum atomic E-state index is -0.373. The Morgan fingerprint density at radius 1 is 1.21 bits per heavy atom. The summed E-state index contributed by atoms with van der Waals surface area (Å²) in [5.74, 6) is 0.732. The highest BCUT2D eigenvalue weighted by atomic mass is 16.5. The molecule has 0 N–H and O–H groups in total. The third-order valence-electron chi connectivity index (χ3n) is 5.93. The van der Waals surface area contributed by atoms with Crippen LogP contribution in [0.2, 0.25) is 0 Å². The fraction of sp³-hybridized carbons (Fsp3) is 0.409. The molecule has 7 heteroatoms. The van der Waals surface area contributed by atoms with Crippen LogP contribution in [-0.4, -0.2) is 65.4 Å². The van der Waals surface area contributed by atoms with Crippen molar-refractivity contribution in [2.45, 2.75) is 25.4 Å². The van der Waals surface area contributed by atoms with Gasteiger partial charge in [0.25, 0.3) is 0 Å². The Kier molecular flexibility index (Phi) is 5.24. The zero-order valence-electron chi connectivity index (χ0n) is 16.9. The first-order chi connectivity index (χ1) is 14.0. The van der Waals surface area contributed by atoms with Gasteiger partial charge in [0, 0.05) is 32.8 Å². The maximum Gasteiger partial charge on any atom is 0.246 e. The number of piperazine rings is 1. The molecule has 152 valence electrons. The van der Waals surface area contributed by atoms with Crippen molar-refractivity contribution in [1.29, 1.82) is 0 Å². The van der Waals surface area contributed by atoms with Gasteiger partial charge in [-0.1, -0.05) is 12.1 Å². The predicted octanol–water partition coefficient (Wildman–Crippen LogP) is 1.93. The third-order valence-corrected chi connectivity index (χ3v) is 5.93. The topological polar surface area (TPSA) is 66.0 Å². The molecule has 1 aromatic heterocycles. The monoisotopic (exact) mass is 394 g/mol. The molecule has 2 aliphatic rings. The van der Waals surface area contributed by atoms with Crippen LogP contribution in [0.15, 0.2) is 48.8 Å². The number of hydrogen-bond acceptors (Lipinski definition) is 5.